The van der Waals surface area contributed by atoms with Crippen LogP contribution in [-0.4, -0.2) is 22.6 Å². The van der Waals surface area contributed by atoms with E-state index >= 15 is 0 Å². The van der Waals surface area contributed by atoms with Crippen LogP contribution in [0.3, 0.4) is 0 Å². The van der Waals surface area contributed by atoms with Crippen LogP contribution in [0, 0.1) is 19.7 Å². The molecule has 138 valence electrons. The number of halogens is 1. The molecule has 0 fully saturated rings. The fourth-order valence-corrected chi connectivity index (χ4v) is 2.71. The van der Waals surface area contributed by atoms with Gasteiger partial charge < -0.3 is 14.6 Å². The monoisotopic (exact) mass is 357 g/mol. The van der Waals surface area contributed by atoms with Crippen LogP contribution in [0.5, 0.6) is 0 Å². The Morgan fingerprint density at radius 3 is 2.54 bits per heavy atom. The second-order valence-electron chi connectivity index (χ2n) is 5.77. The van der Waals surface area contributed by atoms with Crippen molar-refractivity contribution < 1.29 is 13.9 Å². The Balaban J connectivity index is 0.00000117. The van der Waals surface area contributed by atoms with Gasteiger partial charge in [0.25, 0.3) is 0 Å². The van der Waals surface area contributed by atoms with E-state index in [1.54, 1.807) is 17.7 Å². The van der Waals surface area contributed by atoms with E-state index in [4.69, 9.17) is 4.74 Å². The fraction of sp³-hybridized carbons (Fsp3) is 0.300. The van der Waals surface area contributed by atoms with Crippen LogP contribution in [-0.2, 0) is 11.8 Å². The van der Waals surface area contributed by atoms with Gasteiger partial charge in [0, 0.05) is 12.7 Å². The number of imidazole rings is 1. The Kier molecular flexibility index (Phi) is 5.97. The van der Waals surface area contributed by atoms with Gasteiger partial charge in [-0.3, -0.25) is 0 Å². The first-order chi connectivity index (χ1) is 12.4. The highest BCUT2D eigenvalue weighted by atomic mass is 19.1. The van der Waals surface area contributed by atoms with E-state index in [1.165, 1.54) is 13.4 Å². The van der Waals surface area contributed by atoms with Crippen molar-refractivity contribution in [3.05, 3.63) is 53.1 Å². The van der Waals surface area contributed by atoms with Gasteiger partial charge in [0.2, 0.25) is 0 Å². The lowest BCUT2D eigenvalue weighted by Crippen LogP contribution is -2.09. The van der Waals surface area contributed by atoms with Gasteiger partial charge in [-0.05, 0) is 31.5 Å². The normalized spacial score (nSPS) is 10.3. The second kappa shape index (κ2) is 7.99. The number of aromatic nitrogens is 2. The van der Waals surface area contributed by atoms with Gasteiger partial charge in [-0.1, -0.05) is 31.5 Å². The van der Waals surface area contributed by atoms with Crippen molar-refractivity contribution in [3.63, 3.8) is 0 Å². The van der Waals surface area contributed by atoms with E-state index in [1.807, 2.05) is 45.9 Å². The maximum atomic E-state index is 15.0. The van der Waals surface area contributed by atoms with Crippen LogP contribution in [0.4, 0.5) is 15.8 Å². The highest BCUT2D eigenvalue weighted by Gasteiger charge is 2.22. The fourth-order valence-electron chi connectivity index (χ4n) is 2.71. The summed E-state index contributed by atoms with van der Waals surface area (Å²) in [5.41, 5.74) is 3.71. The summed E-state index contributed by atoms with van der Waals surface area (Å²) in [6.07, 6.45) is 1.51. The Morgan fingerprint density at radius 1 is 1.23 bits per heavy atom. The number of anilines is 2. The molecule has 0 radical (unpaired) electrons. The van der Waals surface area contributed by atoms with Crippen molar-refractivity contribution >= 4 is 28.4 Å². The molecule has 1 aromatic heterocycles. The first kappa shape index (κ1) is 19.4. The van der Waals surface area contributed by atoms with Crippen LogP contribution < -0.4 is 5.32 Å². The average molecular weight is 357 g/mol. The summed E-state index contributed by atoms with van der Waals surface area (Å²) in [6.45, 7) is 7.90. The first-order valence-corrected chi connectivity index (χ1v) is 8.48. The van der Waals surface area contributed by atoms with E-state index in [2.05, 4.69) is 10.3 Å². The van der Waals surface area contributed by atoms with Gasteiger partial charge >= 0.3 is 5.97 Å². The zero-order valence-corrected chi connectivity index (χ0v) is 16.0. The van der Waals surface area contributed by atoms with E-state index < -0.39 is 11.8 Å². The summed E-state index contributed by atoms with van der Waals surface area (Å²) >= 11 is 0. The lowest BCUT2D eigenvalue weighted by atomic mass is 10.1. The highest BCUT2D eigenvalue weighted by molar-refractivity contribution is 6.01. The summed E-state index contributed by atoms with van der Waals surface area (Å²) in [7, 11) is 3.02. The minimum absolute atomic E-state index is 0.0694. The maximum Gasteiger partial charge on any atom is 0.340 e. The quantitative estimate of drug-likeness (QED) is 0.678. The molecule has 0 atom stereocenters. The van der Waals surface area contributed by atoms with E-state index in [0.717, 1.165) is 16.8 Å². The molecule has 0 aliphatic rings. The molecule has 1 N–H and O–H groups in total. The number of hydrogen-bond acceptors (Lipinski definition) is 4. The van der Waals surface area contributed by atoms with Crippen LogP contribution in [0.15, 0.2) is 30.6 Å². The van der Waals surface area contributed by atoms with Gasteiger partial charge in [-0.2, -0.15) is 0 Å². The van der Waals surface area contributed by atoms with Crippen LogP contribution in [0.2, 0.25) is 0 Å². The molecule has 0 aliphatic heterocycles. The number of methoxy groups -OCH3 is 1. The number of aryl methyl sites for hydroxylation is 3. The minimum atomic E-state index is -0.607. The Bertz CT molecular complexity index is 948. The highest BCUT2D eigenvalue weighted by Crippen LogP contribution is 2.32. The molecule has 0 saturated heterocycles. The Hall–Kier alpha value is -2.89. The summed E-state index contributed by atoms with van der Waals surface area (Å²) in [6, 6.07) is 7.35. The van der Waals surface area contributed by atoms with Crippen molar-refractivity contribution in [2.45, 2.75) is 27.7 Å². The van der Waals surface area contributed by atoms with E-state index in [9.17, 15) is 9.18 Å². The third-order valence-electron chi connectivity index (χ3n) is 4.01. The van der Waals surface area contributed by atoms with Gasteiger partial charge in [0.05, 0.1) is 30.2 Å². The number of fused-ring (bicyclic) bond motifs is 1. The molecule has 5 nitrogen and oxygen atoms in total. The van der Waals surface area contributed by atoms with Crippen LogP contribution >= 0.6 is 0 Å². The number of carbonyl (C=O) groups excluding carboxylic acids is 1. The van der Waals surface area contributed by atoms with Crippen molar-refractivity contribution in [2.24, 2.45) is 7.05 Å². The number of nitrogens with one attached hydrogen (secondary N) is 1. The predicted octanol–water partition coefficient (Wildman–Crippen LogP) is 4.89. The molecule has 26 heavy (non-hydrogen) atoms. The summed E-state index contributed by atoms with van der Waals surface area (Å²) in [5.74, 6) is -1.18. The second-order valence-corrected chi connectivity index (χ2v) is 5.77. The number of ether oxygens (including phenoxy) is 1. The Morgan fingerprint density at radius 2 is 1.92 bits per heavy atom. The molecule has 2 aromatic carbocycles. The molecule has 0 unspecified atom stereocenters. The van der Waals surface area contributed by atoms with Gasteiger partial charge in [-0.25, -0.2) is 14.2 Å². The number of benzene rings is 2. The average Bonchev–Trinajstić information content (AvgIpc) is 3.01. The molecule has 0 bridgehead atoms. The van der Waals surface area contributed by atoms with Crippen molar-refractivity contribution in [2.75, 3.05) is 12.4 Å². The third kappa shape index (κ3) is 3.54. The number of hydrogen-bond donors (Lipinski definition) is 1. The SMILES string of the molecule is CC.COC(=O)c1cc2c(ncn2C)c(F)c1Nc1ccc(C)cc1C. The number of nitrogens with zero attached hydrogens (tertiary/aromatic N) is 2. The smallest absolute Gasteiger partial charge is 0.340 e. The summed E-state index contributed by atoms with van der Waals surface area (Å²) in [4.78, 5) is 16.2. The molecule has 0 spiro atoms. The molecule has 0 aliphatic carbocycles. The molecular weight excluding hydrogens is 333 g/mol. The third-order valence-corrected chi connectivity index (χ3v) is 4.01. The zero-order chi connectivity index (χ0) is 19.4. The molecule has 1 heterocycles. The number of carbonyl (C=O) groups is 1. The maximum absolute atomic E-state index is 15.0. The van der Waals surface area contributed by atoms with Gasteiger partial charge in [0.15, 0.2) is 5.82 Å². The van der Waals surface area contributed by atoms with Crippen LogP contribution in [0.25, 0.3) is 11.0 Å². The minimum Gasteiger partial charge on any atom is -0.465 e. The molecule has 6 heteroatoms. The first-order valence-electron chi connectivity index (χ1n) is 8.48. The van der Waals surface area contributed by atoms with Crippen molar-refractivity contribution in [1.82, 2.24) is 9.55 Å². The molecule has 0 amide bonds. The zero-order valence-electron chi connectivity index (χ0n) is 16.0. The topological polar surface area (TPSA) is 56.1 Å². The molecule has 3 rings (SSSR count). The predicted molar refractivity (Wildman–Crippen MR) is 103 cm³/mol. The number of rotatable bonds is 3. The Labute approximate surface area is 152 Å². The van der Waals surface area contributed by atoms with Gasteiger partial charge in [-0.15, -0.1) is 0 Å². The molecule has 3 aromatic rings. The van der Waals surface area contributed by atoms with Crippen molar-refractivity contribution in [1.29, 1.82) is 0 Å². The van der Waals surface area contributed by atoms with Gasteiger partial charge in [0.1, 0.15) is 5.52 Å². The molecule has 0 saturated carbocycles. The molecular formula is C20H24FN3O2. The van der Waals surface area contributed by atoms with E-state index in [-0.39, 0.29) is 16.8 Å². The van der Waals surface area contributed by atoms with Crippen LogP contribution in [0.1, 0.15) is 35.3 Å². The lowest BCUT2D eigenvalue weighted by molar-refractivity contribution is 0.0601. The largest absolute Gasteiger partial charge is 0.465 e. The lowest BCUT2D eigenvalue weighted by Gasteiger charge is -2.15. The number of esters is 1. The standard InChI is InChI=1S/C18H18FN3O2.C2H6/c1-10-5-6-13(11(2)7-10)21-16-12(18(23)24-4)8-14-17(15(16)19)20-9-22(14)3;1-2/h5-9,21H,1-4H3;1-2H3. The summed E-state index contributed by atoms with van der Waals surface area (Å²) in [5, 5.41) is 3.03. The van der Waals surface area contributed by atoms with E-state index in [0.29, 0.717) is 5.52 Å². The summed E-state index contributed by atoms with van der Waals surface area (Å²) < 4.78 is 21.5. The van der Waals surface area contributed by atoms with Crippen molar-refractivity contribution in [3.8, 4) is 0 Å².